The van der Waals surface area contributed by atoms with Crippen LogP contribution in [0, 0.1) is 0 Å². The second-order valence-electron chi connectivity index (χ2n) is 9.69. The lowest BCUT2D eigenvalue weighted by Crippen LogP contribution is -2.31. The van der Waals surface area contributed by atoms with E-state index < -0.39 is 0 Å². The van der Waals surface area contributed by atoms with E-state index >= 15 is 0 Å². The van der Waals surface area contributed by atoms with Crippen molar-refractivity contribution in [2.75, 3.05) is 32.9 Å². The Bertz CT molecular complexity index is 1170. The second-order valence-corrected chi connectivity index (χ2v) is 9.69. The van der Waals surface area contributed by atoms with Crippen molar-refractivity contribution in [3.05, 3.63) is 119 Å². The van der Waals surface area contributed by atoms with E-state index in [4.69, 9.17) is 0 Å². The standard InChI is InChI=1S/C30H28N4/c1-2-12-28-27(11-1)31-17-23-7-5-9-25(15-23)19-33-22-34(30-14-4-3-13-29(30)33)20-26-10-6-8-24(16-26)18-32(28)21-31/h1-16H,17-22H2. The fourth-order valence-corrected chi connectivity index (χ4v) is 5.79. The predicted molar refractivity (Wildman–Crippen MR) is 140 cm³/mol. The quantitative estimate of drug-likeness (QED) is 0.331. The number of benzene rings is 4. The lowest BCUT2D eigenvalue weighted by atomic mass is 10.1. The average Bonchev–Trinajstić information content (AvgIpc) is 3.37. The molecule has 4 aromatic rings. The molecule has 4 heteroatoms. The number of fused-ring (bicyclic) bond motifs is 14. The first-order valence-corrected chi connectivity index (χ1v) is 12.1. The monoisotopic (exact) mass is 444 g/mol. The van der Waals surface area contributed by atoms with Crippen LogP contribution < -0.4 is 19.6 Å². The van der Waals surface area contributed by atoms with Gasteiger partial charge in [0.1, 0.15) is 0 Å². The van der Waals surface area contributed by atoms with Gasteiger partial charge in [0.25, 0.3) is 0 Å². The van der Waals surface area contributed by atoms with E-state index in [2.05, 4.69) is 117 Å². The number of hydrogen-bond donors (Lipinski definition) is 0. The molecule has 34 heavy (non-hydrogen) atoms. The van der Waals surface area contributed by atoms with Gasteiger partial charge >= 0.3 is 0 Å². The van der Waals surface area contributed by atoms with E-state index in [9.17, 15) is 0 Å². The van der Waals surface area contributed by atoms with Crippen LogP contribution in [0.15, 0.2) is 97.1 Å². The Morgan fingerprint density at radius 3 is 0.941 bits per heavy atom. The van der Waals surface area contributed by atoms with Crippen molar-refractivity contribution in [2.45, 2.75) is 26.2 Å². The first-order valence-electron chi connectivity index (χ1n) is 12.1. The molecule has 0 saturated heterocycles. The molecule has 0 aromatic heterocycles. The maximum atomic E-state index is 2.51. The molecule has 0 aliphatic carbocycles. The van der Waals surface area contributed by atoms with Crippen molar-refractivity contribution in [1.82, 2.24) is 0 Å². The number of para-hydroxylation sites is 4. The van der Waals surface area contributed by atoms with Gasteiger partial charge in [0, 0.05) is 26.2 Å². The maximum Gasteiger partial charge on any atom is 0.0911 e. The van der Waals surface area contributed by atoms with E-state index in [1.165, 1.54) is 45.0 Å². The van der Waals surface area contributed by atoms with Gasteiger partial charge in [-0.25, -0.2) is 0 Å². The van der Waals surface area contributed by atoms with E-state index in [1.54, 1.807) is 0 Å². The second kappa shape index (κ2) is 7.84. The number of anilines is 4. The molecule has 0 radical (unpaired) electrons. The van der Waals surface area contributed by atoms with Crippen LogP contribution in [0.2, 0.25) is 0 Å². The van der Waals surface area contributed by atoms with Crippen LogP contribution in [0.25, 0.3) is 0 Å². The summed E-state index contributed by atoms with van der Waals surface area (Å²) < 4.78 is 0. The van der Waals surface area contributed by atoms with Crippen molar-refractivity contribution in [2.24, 2.45) is 0 Å². The minimum absolute atomic E-state index is 0.914. The summed E-state index contributed by atoms with van der Waals surface area (Å²) >= 11 is 0. The van der Waals surface area contributed by atoms with Crippen LogP contribution in [0.1, 0.15) is 22.3 Å². The Labute approximate surface area is 201 Å². The van der Waals surface area contributed by atoms with E-state index in [0.717, 1.165) is 39.5 Å². The highest BCUT2D eigenvalue weighted by molar-refractivity contribution is 5.77. The zero-order valence-electron chi connectivity index (χ0n) is 19.3. The van der Waals surface area contributed by atoms with Gasteiger partial charge < -0.3 is 19.6 Å². The SMILES string of the molecule is c1cc2cc(c1)CN1CN(Cc3cccc(c3)CN3CN(C2)c2ccccc23)c2ccccc21. The Hall–Kier alpha value is -3.92. The first kappa shape index (κ1) is 19.5. The van der Waals surface area contributed by atoms with Gasteiger partial charge in [0.2, 0.25) is 0 Å². The molecule has 0 unspecified atom stereocenters. The van der Waals surface area contributed by atoms with Crippen molar-refractivity contribution in [3.63, 3.8) is 0 Å². The van der Waals surface area contributed by atoms with Gasteiger partial charge in [0.15, 0.2) is 0 Å². The molecule has 3 aliphatic rings. The minimum Gasteiger partial charge on any atom is -0.348 e. The summed E-state index contributed by atoms with van der Waals surface area (Å²) in [4.78, 5) is 10.0. The molecule has 0 spiro atoms. The Morgan fingerprint density at radius 1 is 0.353 bits per heavy atom. The molecular weight excluding hydrogens is 416 g/mol. The summed E-state index contributed by atoms with van der Waals surface area (Å²) in [5.41, 5.74) is 10.8. The lowest BCUT2D eigenvalue weighted by Gasteiger charge is -2.25. The van der Waals surface area contributed by atoms with E-state index in [0.29, 0.717) is 0 Å². The van der Waals surface area contributed by atoms with Crippen LogP contribution in [-0.4, -0.2) is 13.3 Å². The molecule has 8 bridgehead atoms. The zero-order chi connectivity index (χ0) is 22.5. The third-order valence-corrected chi connectivity index (χ3v) is 7.29. The Morgan fingerprint density at radius 2 is 0.647 bits per heavy atom. The summed E-state index contributed by atoms with van der Waals surface area (Å²) in [6.07, 6.45) is 0. The zero-order valence-corrected chi connectivity index (χ0v) is 19.3. The molecule has 168 valence electrons. The number of nitrogens with zero attached hydrogens (tertiary/aromatic N) is 4. The van der Waals surface area contributed by atoms with Crippen LogP contribution >= 0.6 is 0 Å². The highest BCUT2D eigenvalue weighted by atomic mass is 15.4. The smallest absolute Gasteiger partial charge is 0.0911 e. The highest BCUT2D eigenvalue weighted by Gasteiger charge is 2.28. The molecule has 4 nitrogen and oxygen atoms in total. The molecule has 0 amide bonds. The van der Waals surface area contributed by atoms with E-state index in [1.807, 2.05) is 0 Å². The molecule has 0 N–H and O–H groups in total. The fourth-order valence-electron chi connectivity index (χ4n) is 5.79. The van der Waals surface area contributed by atoms with Crippen LogP contribution in [-0.2, 0) is 26.2 Å². The summed E-state index contributed by atoms with van der Waals surface area (Å²) in [6.45, 7) is 5.51. The molecule has 0 saturated carbocycles. The van der Waals surface area contributed by atoms with Gasteiger partial charge in [-0.05, 0) is 46.5 Å². The molecule has 3 aliphatic heterocycles. The van der Waals surface area contributed by atoms with Gasteiger partial charge in [0.05, 0.1) is 36.1 Å². The Balaban J connectivity index is 1.32. The number of hydrogen-bond acceptors (Lipinski definition) is 4. The maximum absolute atomic E-state index is 2.51. The third-order valence-electron chi connectivity index (χ3n) is 7.29. The largest absolute Gasteiger partial charge is 0.348 e. The summed E-state index contributed by atoms with van der Waals surface area (Å²) in [5, 5.41) is 0. The van der Waals surface area contributed by atoms with Crippen LogP contribution in [0.5, 0.6) is 0 Å². The molecule has 3 heterocycles. The Kier molecular flexibility index (Phi) is 4.51. The number of rotatable bonds is 0. The van der Waals surface area contributed by atoms with E-state index in [-0.39, 0.29) is 0 Å². The highest BCUT2D eigenvalue weighted by Crippen LogP contribution is 2.39. The van der Waals surface area contributed by atoms with Crippen molar-refractivity contribution in [3.8, 4) is 0 Å². The van der Waals surface area contributed by atoms with Crippen molar-refractivity contribution in [1.29, 1.82) is 0 Å². The normalized spacial score (nSPS) is 16.5. The predicted octanol–water partition coefficient (Wildman–Crippen LogP) is 5.97. The van der Waals surface area contributed by atoms with Gasteiger partial charge in [-0.2, -0.15) is 0 Å². The first-order chi connectivity index (χ1) is 16.8. The van der Waals surface area contributed by atoms with Crippen LogP contribution in [0.3, 0.4) is 0 Å². The minimum atomic E-state index is 0.914. The van der Waals surface area contributed by atoms with Crippen molar-refractivity contribution >= 4 is 22.7 Å². The third kappa shape index (κ3) is 3.38. The topological polar surface area (TPSA) is 13.0 Å². The van der Waals surface area contributed by atoms with Crippen molar-refractivity contribution < 1.29 is 0 Å². The summed E-state index contributed by atoms with van der Waals surface area (Å²) in [6, 6.07) is 36.0. The molecular formula is C30H28N4. The van der Waals surface area contributed by atoms with Gasteiger partial charge in [-0.15, -0.1) is 0 Å². The summed E-state index contributed by atoms with van der Waals surface area (Å²) in [5.74, 6) is 0. The van der Waals surface area contributed by atoms with Gasteiger partial charge in [-0.1, -0.05) is 72.8 Å². The molecule has 0 atom stereocenters. The molecule has 7 rings (SSSR count). The fraction of sp³-hybridized carbons (Fsp3) is 0.200. The summed E-state index contributed by atoms with van der Waals surface area (Å²) in [7, 11) is 0. The average molecular weight is 445 g/mol. The molecule has 4 aromatic carbocycles. The van der Waals surface area contributed by atoms with Gasteiger partial charge in [-0.3, -0.25) is 0 Å². The van der Waals surface area contributed by atoms with Crippen LogP contribution in [0.4, 0.5) is 22.7 Å². The molecule has 0 fully saturated rings. The lowest BCUT2D eigenvalue weighted by molar-refractivity contribution is 0.748.